The summed E-state index contributed by atoms with van der Waals surface area (Å²) < 4.78 is 7.01. The van der Waals surface area contributed by atoms with Crippen molar-refractivity contribution in [3.8, 4) is 0 Å². The maximum atomic E-state index is 12.1. The van der Waals surface area contributed by atoms with E-state index < -0.39 is 0 Å². The molecule has 1 heterocycles. The monoisotopic (exact) mass is 485 g/mol. The van der Waals surface area contributed by atoms with Crippen LogP contribution in [-0.4, -0.2) is 31.9 Å². The van der Waals surface area contributed by atoms with Crippen molar-refractivity contribution in [3.63, 3.8) is 0 Å². The molecule has 0 bridgehead atoms. The molecule has 0 saturated carbocycles. The third-order valence-corrected chi connectivity index (χ3v) is 5.90. The summed E-state index contributed by atoms with van der Waals surface area (Å²) in [5.41, 5.74) is 1.03. The lowest BCUT2D eigenvalue weighted by Crippen LogP contribution is -2.36. The molecule has 0 aromatic heterocycles. The number of carbonyl (C=O) groups excluding carboxylic acids is 1. The molecule has 3 atom stereocenters. The van der Waals surface area contributed by atoms with E-state index in [0.717, 1.165) is 16.5 Å². The Morgan fingerprint density at radius 2 is 2.11 bits per heavy atom. The Morgan fingerprint density at radius 1 is 1.42 bits per heavy atom. The Labute approximate surface area is 141 Å². The lowest BCUT2D eigenvalue weighted by atomic mass is 10.1. The summed E-state index contributed by atoms with van der Waals surface area (Å²) in [6.07, 6.45) is -0.189. The van der Waals surface area contributed by atoms with Crippen LogP contribution in [0.3, 0.4) is 0 Å². The van der Waals surface area contributed by atoms with E-state index in [2.05, 4.69) is 52.1 Å². The molecule has 1 aliphatic heterocycles. The predicted octanol–water partition coefficient (Wildman–Crippen LogP) is 3.88. The maximum Gasteiger partial charge on any atom is 0.410 e. The molecule has 19 heavy (non-hydrogen) atoms. The molecule has 1 amide bonds. The maximum absolute atomic E-state index is 12.1. The molecule has 3 nitrogen and oxygen atoms in total. The molecule has 0 spiro atoms. The second-order valence-electron chi connectivity index (χ2n) is 4.77. The van der Waals surface area contributed by atoms with E-state index in [9.17, 15) is 4.79 Å². The van der Waals surface area contributed by atoms with Crippen LogP contribution in [0, 0.1) is 5.92 Å². The number of benzene rings is 1. The Bertz CT molecular complexity index is 427. The van der Waals surface area contributed by atoms with Gasteiger partial charge in [0.1, 0.15) is 6.61 Å². The van der Waals surface area contributed by atoms with Crippen molar-refractivity contribution < 1.29 is 9.53 Å². The number of halogens is 2. The SMILES string of the molecule is CC1C(CI)C(I)CN1C(=O)OCc1ccccc1. The predicted molar refractivity (Wildman–Crippen MR) is 93.0 cm³/mol. The lowest BCUT2D eigenvalue weighted by Gasteiger charge is -2.23. The highest BCUT2D eigenvalue weighted by Crippen LogP contribution is 2.32. The van der Waals surface area contributed by atoms with Crippen molar-refractivity contribution in [1.29, 1.82) is 0 Å². The van der Waals surface area contributed by atoms with Crippen LogP contribution in [0.2, 0.25) is 0 Å². The fourth-order valence-electron chi connectivity index (χ4n) is 2.29. The number of ether oxygens (including phenoxy) is 1. The molecule has 0 radical (unpaired) electrons. The van der Waals surface area contributed by atoms with E-state index in [1.165, 1.54) is 0 Å². The molecule has 5 heteroatoms. The van der Waals surface area contributed by atoms with E-state index in [4.69, 9.17) is 4.74 Å². The number of hydrogen-bond donors (Lipinski definition) is 0. The molecule has 2 rings (SSSR count). The van der Waals surface area contributed by atoms with Crippen molar-refractivity contribution in [2.75, 3.05) is 11.0 Å². The van der Waals surface area contributed by atoms with Crippen molar-refractivity contribution in [2.45, 2.75) is 23.5 Å². The minimum Gasteiger partial charge on any atom is -0.445 e. The molecular weight excluding hydrogens is 468 g/mol. The Balaban J connectivity index is 1.90. The summed E-state index contributed by atoms with van der Waals surface area (Å²) in [5.74, 6) is 0.561. The molecule has 1 aromatic rings. The van der Waals surface area contributed by atoms with E-state index in [1.807, 2.05) is 35.2 Å². The second-order valence-corrected chi connectivity index (χ2v) is 7.25. The van der Waals surface area contributed by atoms with Crippen molar-refractivity contribution in [3.05, 3.63) is 35.9 Å². The zero-order valence-electron chi connectivity index (χ0n) is 10.8. The van der Waals surface area contributed by atoms with E-state index in [-0.39, 0.29) is 12.1 Å². The molecule has 0 aliphatic carbocycles. The summed E-state index contributed by atoms with van der Waals surface area (Å²) in [6.45, 7) is 3.26. The van der Waals surface area contributed by atoms with Gasteiger partial charge in [-0.1, -0.05) is 75.5 Å². The van der Waals surface area contributed by atoms with Crippen LogP contribution in [-0.2, 0) is 11.3 Å². The lowest BCUT2D eigenvalue weighted by molar-refractivity contribution is 0.0921. The van der Waals surface area contributed by atoms with Gasteiger partial charge < -0.3 is 9.64 Å². The fraction of sp³-hybridized carbons (Fsp3) is 0.500. The van der Waals surface area contributed by atoms with Gasteiger partial charge in [-0.05, 0) is 12.5 Å². The third-order valence-electron chi connectivity index (χ3n) is 3.56. The van der Waals surface area contributed by atoms with Gasteiger partial charge in [0.05, 0.1) is 0 Å². The van der Waals surface area contributed by atoms with Crippen LogP contribution in [0.4, 0.5) is 4.79 Å². The van der Waals surface area contributed by atoms with Gasteiger partial charge in [-0.3, -0.25) is 0 Å². The number of amides is 1. The van der Waals surface area contributed by atoms with E-state index in [0.29, 0.717) is 16.4 Å². The van der Waals surface area contributed by atoms with E-state index >= 15 is 0 Å². The Kier molecular flexibility index (Phi) is 5.73. The van der Waals surface area contributed by atoms with Crippen LogP contribution in [0.1, 0.15) is 12.5 Å². The van der Waals surface area contributed by atoms with Gasteiger partial charge >= 0.3 is 6.09 Å². The zero-order chi connectivity index (χ0) is 13.8. The van der Waals surface area contributed by atoms with Gasteiger partial charge in [-0.2, -0.15) is 0 Å². The largest absolute Gasteiger partial charge is 0.445 e. The molecule has 104 valence electrons. The first-order valence-corrected chi connectivity index (χ1v) is 9.08. The van der Waals surface area contributed by atoms with Crippen LogP contribution >= 0.6 is 45.2 Å². The molecule has 1 fully saturated rings. The summed E-state index contributed by atoms with van der Waals surface area (Å²) in [5, 5.41) is 0. The van der Waals surface area contributed by atoms with Gasteiger partial charge in [-0.15, -0.1) is 0 Å². The molecular formula is C14H17I2NO2. The van der Waals surface area contributed by atoms with Crippen LogP contribution < -0.4 is 0 Å². The third kappa shape index (κ3) is 3.74. The quantitative estimate of drug-likeness (QED) is 0.481. The first kappa shape index (κ1) is 15.3. The zero-order valence-corrected chi connectivity index (χ0v) is 15.1. The topological polar surface area (TPSA) is 29.5 Å². The summed E-state index contributed by atoms with van der Waals surface area (Å²) >= 11 is 4.84. The molecule has 1 aromatic carbocycles. The standard InChI is InChI=1S/C14H17I2NO2/c1-10-12(7-15)13(16)8-17(10)14(18)19-9-11-5-3-2-4-6-11/h2-6,10,12-13H,7-9H2,1H3. The minimum absolute atomic E-state index is 0.189. The number of rotatable bonds is 3. The molecule has 1 aliphatic rings. The van der Waals surface area contributed by atoms with Crippen molar-refractivity contribution in [1.82, 2.24) is 4.90 Å². The highest BCUT2D eigenvalue weighted by molar-refractivity contribution is 14.1. The first-order chi connectivity index (χ1) is 9.13. The number of carbonyl (C=O) groups is 1. The van der Waals surface area contributed by atoms with Crippen LogP contribution in [0.5, 0.6) is 0 Å². The summed E-state index contributed by atoms with van der Waals surface area (Å²) in [7, 11) is 0. The fourth-order valence-corrected chi connectivity index (χ4v) is 5.89. The van der Waals surface area contributed by atoms with Crippen molar-refractivity contribution >= 4 is 51.3 Å². The molecule has 3 unspecified atom stereocenters. The highest BCUT2D eigenvalue weighted by Gasteiger charge is 2.40. The van der Waals surface area contributed by atoms with Gasteiger partial charge in [-0.25, -0.2) is 4.79 Å². The van der Waals surface area contributed by atoms with Gasteiger partial charge in [0, 0.05) is 26.9 Å². The smallest absolute Gasteiger partial charge is 0.410 e. The Morgan fingerprint density at radius 3 is 2.68 bits per heavy atom. The highest BCUT2D eigenvalue weighted by atomic mass is 127. The summed E-state index contributed by atoms with van der Waals surface area (Å²) in [4.78, 5) is 14.0. The molecule has 1 saturated heterocycles. The van der Waals surface area contributed by atoms with Crippen LogP contribution in [0.25, 0.3) is 0 Å². The average Bonchev–Trinajstić information content (AvgIpc) is 2.72. The number of likely N-dealkylation sites (tertiary alicyclic amines) is 1. The Hall–Kier alpha value is -0.0500. The van der Waals surface area contributed by atoms with Gasteiger partial charge in [0.15, 0.2) is 0 Å². The second kappa shape index (κ2) is 7.10. The first-order valence-electron chi connectivity index (χ1n) is 6.31. The minimum atomic E-state index is -0.189. The van der Waals surface area contributed by atoms with Crippen LogP contribution in [0.15, 0.2) is 30.3 Å². The molecule has 0 N–H and O–H groups in total. The number of hydrogen-bond acceptors (Lipinski definition) is 2. The number of nitrogens with zero attached hydrogens (tertiary/aromatic N) is 1. The normalized spacial score (nSPS) is 26.5. The average molecular weight is 485 g/mol. The van der Waals surface area contributed by atoms with Crippen molar-refractivity contribution in [2.24, 2.45) is 5.92 Å². The van der Waals surface area contributed by atoms with E-state index in [1.54, 1.807) is 0 Å². The summed E-state index contributed by atoms with van der Waals surface area (Å²) in [6, 6.07) is 10.1. The number of alkyl halides is 2. The van der Waals surface area contributed by atoms with Gasteiger partial charge in [0.25, 0.3) is 0 Å². The van der Waals surface area contributed by atoms with Gasteiger partial charge in [0.2, 0.25) is 0 Å².